The highest BCUT2D eigenvalue weighted by Gasteiger charge is 1.98. The van der Waals surface area contributed by atoms with Crippen molar-refractivity contribution in [2.24, 2.45) is 0 Å². The van der Waals surface area contributed by atoms with Crippen LogP contribution in [0.1, 0.15) is 4.88 Å². The Hall–Kier alpha value is -0.210. The van der Waals surface area contributed by atoms with E-state index in [1.165, 1.54) is 11.3 Å². The van der Waals surface area contributed by atoms with E-state index in [2.05, 4.69) is 0 Å². The molecule has 0 saturated heterocycles. The normalized spacial score (nSPS) is 9.75. The van der Waals surface area contributed by atoms with Crippen LogP contribution in [0, 0.1) is 6.92 Å². The van der Waals surface area contributed by atoms with Crippen LogP contribution in [0.15, 0.2) is 6.07 Å². The van der Waals surface area contributed by atoms with Crippen molar-refractivity contribution in [1.82, 2.24) is 0 Å². The Morgan fingerprint density at radius 1 is 1.75 bits per heavy atom. The summed E-state index contributed by atoms with van der Waals surface area (Å²) >= 11 is 6.91. The van der Waals surface area contributed by atoms with Gasteiger partial charge < -0.3 is 5.11 Å². The van der Waals surface area contributed by atoms with Gasteiger partial charge in [0, 0.05) is 10.9 Å². The van der Waals surface area contributed by atoms with Crippen LogP contribution in [0.3, 0.4) is 0 Å². The minimum Gasteiger partial charge on any atom is -0.507 e. The monoisotopic (exact) mass is 148 g/mol. The van der Waals surface area contributed by atoms with Gasteiger partial charge in [0.25, 0.3) is 0 Å². The SMILES string of the molecule is Cc1sc(Cl)cc1O. The van der Waals surface area contributed by atoms with Gasteiger partial charge in [0.15, 0.2) is 0 Å². The van der Waals surface area contributed by atoms with Gasteiger partial charge in [-0.05, 0) is 6.92 Å². The lowest BCUT2D eigenvalue weighted by Crippen LogP contribution is -1.54. The molecule has 3 heteroatoms. The number of thiophene rings is 1. The number of rotatable bonds is 0. The average molecular weight is 149 g/mol. The zero-order chi connectivity index (χ0) is 6.15. The third-order valence-corrected chi connectivity index (χ3v) is 2.03. The Kier molecular flexibility index (Phi) is 1.45. The van der Waals surface area contributed by atoms with Gasteiger partial charge in [-0.1, -0.05) is 11.6 Å². The van der Waals surface area contributed by atoms with Crippen molar-refractivity contribution in [2.75, 3.05) is 0 Å². The lowest BCUT2D eigenvalue weighted by atomic mass is 10.5. The fourth-order valence-electron chi connectivity index (χ4n) is 0.437. The minimum atomic E-state index is 0.292. The van der Waals surface area contributed by atoms with Crippen molar-refractivity contribution >= 4 is 22.9 Å². The maximum absolute atomic E-state index is 8.87. The molecule has 0 radical (unpaired) electrons. The van der Waals surface area contributed by atoms with Gasteiger partial charge in [0.1, 0.15) is 5.75 Å². The molecule has 1 aromatic rings. The molecule has 1 nitrogen and oxygen atoms in total. The second-order valence-electron chi connectivity index (χ2n) is 1.49. The number of halogens is 1. The molecule has 1 N–H and O–H groups in total. The van der Waals surface area contributed by atoms with Crippen LogP contribution in [0.4, 0.5) is 0 Å². The van der Waals surface area contributed by atoms with Gasteiger partial charge >= 0.3 is 0 Å². The fourth-order valence-corrected chi connectivity index (χ4v) is 1.51. The molecule has 0 saturated carbocycles. The highest BCUT2D eigenvalue weighted by atomic mass is 35.5. The number of aryl methyl sites for hydroxylation is 1. The molecule has 44 valence electrons. The molecule has 8 heavy (non-hydrogen) atoms. The van der Waals surface area contributed by atoms with E-state index in [4.69, 9.17) is 16.7 Å². The average Bonchev–Trinajstić information content (AvgIpc) is 1.85. The molecular formula is C5H5ClOS. The summed E-state index contributed by atoms with van der Waals surface area (Å²) in [5, 5.41) is 8.87. The third kappa shape index (κ3) is 0.956. The van der Waals surface area contributed by atoms with Crippen molar-refractivity contribution in [3.63, 3.8) is 0 Å². The summed E-state index contributed by atoms with van der Waals surface area (Å²) in [7, 11) is 0. The van der Waals surface area contributed by atoms with E-state index in [0.29, 0.717) is 10.1 Å². The predicted octanol–water partition coefficient (Wildman–Crippen LogP) is 2.42. The first-order valence-corrected chi connectivity index (χ1v) is 3.34. The summed E-state index contributed by atoms with van der Waals surface area (Å²) in [5.41, 5.74) is 0. The maximum atomic E-state index is 8.87. The lowest BCUT2D eigenvalue weighted by molar-refractivity contribution is 0.474. The third-order valence-electron chi connectivity index (χ3n) is 0.862. The molecule has 0 aliphatic carbocycles. The largest absolute Gasteiger partial charge is 0.507 e. The fraction of sp³-hybridized carbons (Fsp3) is 0.200. The summed E-state index contributed by atoms with van der Waals surface area (Å²) in [6, 6.07) is 1.54. The van der Waals surface area contributed by atoms with E-state index in [1.807, 2.05) is 6.92 Å². The van der Waals surface area contributed by atoms with Gasteiger partial charge in [0.05, 0.1) is 4.34 Å². The smallest absolute Gasteiger partial charge is 0.130 e. The summed E-state index contributed by atoms with van der Waals surface area (Å²) in [5.74, 6) is 0.292. The van der Waals surface area contributed by atoms with Gasteiger partial charge in [-0.3, -0.25) is 0 Å². The molecule has 1 aromatic heterocycles. The van der Waals surface area contributed by atoms with Crippen LogP contribution >= 0.6 is 22.9 Å². The molecule has 1 heterocycles. The van der Waals surface area contributed by atoms with Crippen molar-refractivity contribution in [3.05, 3.63) is 15.3 Å². The highest BCUT2D eigenvalue weighted by Crippen LogP contribution is 2.30. The summed E-state index contributed by atoms with van der Waals surface area (Å²) in [6.45, 7) is 1.83. The van der Waals surface area contributed by atoms with E-state index in [9.17, 15) is 0 Å². The summed E-state index contributed by atoms with van der Waals surface area (Å²) in [4.78, 5) is 0.870. The van der Waals surface area contributed by atoms with Crippen LogP contribution in [0.25, 0.3) is 0 Å². The Morgan fingerprint density at radius 2 is 2.38 bits per heavy atom. The molecule has 0 spiro atoms. The van der Waals surface area contributed by atoms with Crippen molar-refractivity contribution < 1.29 is 5.11 Å². The van der Waals surface area contributed by atoms with E-state index >= 15 is 0 Å². The molecule has 0 amide bonds. The predicted molar refractivity (Wildman–Crippen MR) is 35.7 cm³/mol. The second kappa shape index (κ2) is 1.96. The minimum absolute atomic E-state index is 0.292. The number of hydrogen-bond acceptors (Lipinski definition) is 2. The molecule has 0 atom stereocenters. The number of hydrogen-bond donors (Lipinski definition) is 1. The Labute approximate surface area is 56.5 Å². The Balaban J connectivity index is 3.14. The molecule has 0 aliphatic heterocycles. The molecule has 0 unspecified atom stereocenters. The highest BCUT2D eigenvalue weighted by molar-refractivity contribution is 7.16. The van der Waals surface area contributed by atoms with Crippen LogP contribution in [0.2, 0.25) is 4.34 Å². The van der Waals surface area contributed by atoms with Crippen LogP contribution in [-0.2, 0) is 0 Å². The summed E-state index contributed by atoms with van der Waals surface area (Å²) in [6.07, 6.45) is 0. The molecular weight excluding hydrogens is 144 g/mol. The molecule has 0 fully saturated rings. The second-order valence-corrected chi connectivity index (χ2v) is 3.38. The van der Waals surface area contributed by atoms with Crippen molar-refractivity contribution in [2.45, 2.75) is 6.92 Å². The summed E-state index contributed by atoms with van der Waals surface area (Å²) < 4.78 is 0.639. The van der Waals surface area contributed by atoms with Gasteiger partial charge in [-0.15, -0.1) is 11.3 Å². The zero-order valence-corrected chi connectivity index (χ0v) is 5.88. The molecule has 0 aromatic carbocycles. The van der Waals surface area contributed by atoms with Gasteiger partial charge in [-0.2, -0.15) is 0 Å². The van der Waals surface area contributed by atoms with Gasteiger partial charge in [0.2, 0.25) is 0 Å². The van der Waals surface area contributed by atoms with E-state index in [0.717, 1.165) is 4.88 Å². The molecule has 0 aliphatic rings. The van der Waals surface area contributed by atoms with Crippen LogP contribution in [-0.4, -0.2) is 5.11 Å². The van der Waals surface area contributed by atoms with E-state index < -0.39 is 0 Å². The zero-order valence-electron chi connectivity index (χ0n) is 4.31. The van der Waals surface area contributed by atoms with Crippen molar-refractivity contribution in [3.8, 4) is 5.75 Å². The quantitative estimate of drug-likeness (QED) is 0.599. The number of aromatic hydroxyl groups is 1. The van der Waals surface area contributed by atoms with Gasteiger partial charge in [-0.25, -0.2) is 0 Å². The Morgan fingerprint density at radius 3 is 2.50 bits per heavy atom. The van der Waals surface area contributed by atoms with Crippen LogP contribution < -0.4 is 0 Å². The van der Waals surface area contributed by atoms with E-state index in [1.54, 1.807) is 6.07 Å². The first-order valence-electron chi connectivity index (χ1n) is 2.15. The molecule has 1 rings (SSSR count). The Bertz CT molecular complexity index is 175. The van der Waals surface area contributed by atoms with Crippen LogP contribution in [0.5, 0.6) is 5.75 Å². The first-order chi connectivity index (χ1) is 3.70. The lowest BCUT2D eigenvalue weighted by Gasteiger charge is -1.79. The van der Waals surface area contributed by atoms with E-state index in [-0.39, 0.29) is 0 Å². The topological polar surface area (TPSA) is 20.2 Å². The standard InChI is InChI=1S/C5H5ClOS/c1-3-4(7)2-5(6)8-3/h2,7H,1H3. The first kappa shape index (κ1) is 5.92. The maximum Gasteiger partial charge on any atom is 0.130 e. The van der Waals surface area contributed by atoms with Crippen molar-refractivity contribution in [1.29, 1.82) is 0 Å². The molecule has 0 bridgehead atoms.